The van der Waals surface area contributed by atoms with Gasteiger partial charge in [-0.2, -0.15) is 0 Å². The monoisotopic (exact) mass is 325 g/mol. The third kappa shape index (κ3) is 3.96. The Morgan fingerprint density at radius 3 is 3.07 bits per heavy atom. The van der Waals surface area contributed by atoms with Gasteiger partial charge >= 0.3 is 0 Å². The van der Waals surface area contributed by atoms with Crippen LogP contribution >= 0.6 is 34.2 Å². The molecule has 0 aliphatic heterocycles. The Hall–Kier alpha value is -0.100. The number of halogens is 2. The molecule has 1 rings (SSSR count). The van der Waals surface area contributed by atoms with Crippen LogP contribution in [0, 0.1) is 3.57 Å². The van der Waals surface area contributed by atoms with Crippen molar-refractivity contribution in [2.45, 2.75) is 25.8 Å². The molecule has 0 fully saturated rings. The fraction of sp³-hybridized carbons (Fsp3) is 0.556. The van der Waals surface area contributed by atoms with E-state index >= 15 is 0 Å². The van der Waals surface area contributed by atoms with Gasteiger partial charge in [-0.05, 0) is 42.4 Å². The summed E-state index contributed by atoms with van der Waals surface area (Å²) in [5.41, 5.74) is 0. The summed E-state index contributed by atoms with van der Waals surface area (Å²) in [6.07, 6.45) is 5.43. The normalized spacial score (nSPS) is 12.5. The van der Waals surface area contributed by atoms with E-state index in [0.29, 0.717) is 11.9 Å². The minimum Gasteiger partial charge on any atom is -0.367 e. The van der Waals surface area contributed by atoms with Crippen molar-refractivity contribution in [2.75, 3.05) is 11.2 Å². The summed E-state index contributed by atoms with van der Waals surface area (Å²) < 4.78 is 1.04. The van der Waals surface area contributed by atoms with Crippen LogP contribution in [-0.4, -0.2) is 21.9 Å². The predicted molar refractivity (Wildman–Crippen MR) is 67.8 cm³/mol. The topological polar surface area (TPSA) is 37.8 Å². The molecule has 0 aromatic carbocycles. The number of hydrogen-bond donors (Lipinski definition) is 1. The van der Waals surface area contributed by atoms with Gasteiger partial charge in [-0.1, -0.05) is 0 Å². The van der Waals surface area contributed by atoms with Crippen LogP contribution < -0.4 is 5.32 Å². The lowest BCUT2D eigenvalue weighted by Gasteiger charge is -2.14. The van der Waals surface area contributed by atoms with Crippen molar-refractivity contribution in [3.63, 3.8) is 0 Å². The second kappa shape index (κ2) is 6.40. The van der Waals surface area contributed by atoms with E-state index < -0.39 is 0 Å². The lowest BCUT2D eigenvalue weighted by atomic mass is 10.2. The largest absolute Gasteiger partial charge is 0.367 e. The van der Waals surface area contributed by atoms with Gasteiger partial charge in [0.05, 0.1) is 3.57 Å². The number of aromatic nitrogens is 2. The van der Waals surface area contributed by atoms with E-state index in [2.05, 4.69) is 44.8 Å². The van der Waals surface area contributed by atoms with E-state index in [1.807, 2.05) is 0 Å². The molecule has 5 heteroatoms. The summed E-state index contributed by atoms with van der Waals surface area (Å²) >= 11 is 7.84. The molecule has 1 heterocycles. The molecule has 78 valence electrons. The summed E-state index contributed by atoms with van der Waals surface area (Å²) in [7, 11) is 0. The predicted octanol–water partition coefficient (Wildman–Crippen LogP) is 2.90. The summed E-state index contributed by atoms with van der Waals surface area (Å²) in [6, 6.07) is 0.400. The molecule has 0 saturated heterocycles. The van der Waals surface area contributed by atoms with Gasteiger partial charge in [0.15, 0.2) is 0 Å². The molecule has 1 N–H and O–H groups in total. The molecule has 0 bridgehead atoms. The third-order valence-electron chi connectivity index (χ3n) is 1.82. The van der Waals surface area contributed by atoms with Crippen molar-refractivity contribution in [3.05, 3.63) is 16.1 Å². The van der Waals surface area contributed by atoms with Crippen molar-refractivity contribution in [3.8, 4) is 0 Å². The first-order valence-electron chi connectivity index (χ1n) is 4.52. The average Bonchev–Trinajstić information content (AvgIpc) is 2.18. The highest BCUT2D eigenvalue weighted by molar-refractivity contribution is 14.1. The Morgan fingerprint density at radius 2 is 2.43 bits per heavy atom. The fourth-order valence-corrected chi connectivity index (χ4v) is 1.72. The lowest BCUT2D eigenvalue weighted by Crippen LogP contribution is -2.17. The first-order chi connectivity index (χ1) is 6.74. The number of rotatable bonds is 5. The van der Waals surface area contributed by atoms with Crippen molar-refractivity contribution in [1.82, 2.24) is 9.97 Å². The van der Waals surface area contributed by atoms with E-state index in [4.69, 9.17) is 11.6 Å². The maximum absolute atomic E-state index is 5.62. The van der Waals surface area contributed by atoms with E-state index in [0.717, 1.165) is 22.2 Å². The van der Waals surface area contributed by atoms with Crippen LogP contribution in [0.2, 0.25) is 0 Å². The summed E-state index contributed by atoms with van der Waals surface area (Å²) in [5, 5.41) is 3.33. The Bertz CT molecular complexity index is 283. The molecular formula is C9H13ClIN3. The third-order valence-corrected chi connectivity index (χ3v) is 2.88. The van der Waals surface area contributed by atoms with Gasteiger partial charge in [-0.3, -0.25) is 0 Å². The van der Waals surface area contributed by atoms with Crippen LogP contribution in [-0.2, 0) is 0 Å². The van der Waals surface area contributed by atoms with Crippen molar-refractivity contribution in [1.29, 1.82) is 0 Å². The molecule has 14 heavy (non-hydrogen) atoms. The number of nitrogens with one attached hydrogen (secondary N) is 1. The van der Waals surface area contributed by atoms with Gasteiger partial charge in [0.25, 0.3) is 0 Å². The average molecular weight is 326 g/mol. The van der Waals surface area contributed by atoms with Crippen LogP contribution in [0.1, 0.15) is 19.8 Å². The van der Waals surface area contributed by atoms with Crippen molar-refractivity contribution in [2.24, 2.45) is 0 Å². The second-order valence-electron chi connectivity index (χ2n) is 3.10. The van der Waals surface area contributed by atoms with Crippen LogP contribution in [0.3, 0.4) is 0 Å². The summed E-state index contributed by atoms with van der Waals surface area (Å²) in [6.45, 7) is 2.13. The second-order valence-corrected chi connectivity index (χ2v) is 4.64. The number of alkyl halides is 1. The van der Waals surface area contributed by atoms with E-state index in [1.165, 1.54) is 0 Å². The molecule has 0 amide bonds. The lowest BCUT2D eigenvalue weighted by molar-refractivity contribution is 0.689. The molecule has 0 spiro atoms. The Morgan fingerprint density at radius 1 is 1.64 bits per heavy atom. The van der Waals surface area contributed by atoms with Gasteiger partial charge in [0.1, 0.15) is 12.1 Å². The van der Waals surface area contributed by atoms with Crippen LogP contribution in [0.4, 0.5) is 5.82 Å². The van der Waals surface area contributed by atoms with Gasteiger partial charge in [-0.15, -0.1) is 11.6 Å². The van der Waals surface area contributed by atoms with Crippen molar-refractivity contribution >= 4 is 40.0 Å². The number of hydrogen-bond acceptors (Lipinski definition) is 3. The molecule has 0 aliphatic carbocycles. The van der Waals surface area contributed by atoms with E-state index in [1.54, 1.807) is 12.5 Å². The smallest absolute Gasteiger partial charge is 0.143 e. The van der Waals surface area contributed by atoms with Crippen LogP contribution in [0.5, 0.6) is 0 Å². The molecule has 1 atom stereocenters. The van der Waals surface area contributed by atoms with Crippen LogP contribution in [0.25, 0.3) is 0 Å². The quantitative estimate of drug-likeness (QED) is 0.668. The maximum Gasteiger partial charge on any atom is 0.143 e. The maximum atomic E-state index is 5.62. The van der Waals surface area contributed by atoms with E-state index in [9.17, 15) is 0 Å². The van der Waals surface area contributed by atoms with Crippen molar-refractivity contribution < 1.29 is 0 Å². The molecule has 1 aromatic rings. The molecular weight excluding hydrogens is 312 g/mol. The summed E-state index contributed by atoms with van der Waals surface area (Å²) in [4.78, 5) is 8.10. The summed E-state index contributed by atoms with van der Waals surface area (Å²) in [5.74, 6) is 1.62. The highest BCUT2D eigenvalue weighted by Gasteiger charge is 2.05. The van der Waals surface area contributed by atoms with Gasteiger partial charge in [0.2, 0.25) is 0 Å². The number of anilines is 1. The molecule has 3 nitrogen and oxygen atoms in total. The first-order valence-corrected chi connectivity index (χ1v) is 6.13. The minimum absolute atomic E-state index is 0.400. The molecule has 0 aliphatic rings. The number of nitrogens with zero attached hydrogens (tertiary/aromatic N) is 2. The Kier molecular flexibility index (Phi) is 5.47. The zero-order valence-electron chi connectivity index (χ0n) is 8.00. The van der Waals surface area contributed by atoms with Gasteiger partial charge < -0.3 is 5.32 Å². The minimum atomic E-state index is 0.400. The van der Waals surface area contributed by atoms with E-state index in [-0.39, 0.29) is 0 Å². The molecule has 0 saturated carbocycles. The standard InChI is InChI=1S/C9H13ClIN3/c1-7(3-2-4-10)14-9-8(11)5-12-6-13-9/h5-7H,2-4H2,1H3,(H,12,13,14). The first kappa shape index (κ1) is 12.0. The Balaban J connectivity index is 2.47. The zero-order chi connectivity index (χ0) is 10.4. The van der Waals surface area contributed by atoms with Gasteiger partial charge in [-0.25, -0.2) is 9.97 Å². The molecule has 1 aromatic heterocycles. The highest BCUT2D eigenvalue weighted by Crippen LogP contribution is 2.14. The highest BCUT2D eigenvalue weighted by atomic mass is 127. The Labute approximate surface area is 103 Å². The van der Waals surface area contributed by atoms with Gasteiger partial charge in [0, 0.05) is 18.1 Å². The fourth-order valence-electron chi connectivity index (χ4n) is 1.11. The SMILES string of the molecule is CC(CCCCl)Nc1ncncc1I. The zero-order valence-corrected chi connectivity index (χ0v) is 10.9. The van der Waals surface area contributed by atoms with Crippen LogP contribution in [0.15, 0.2) is 12.5 Å². The molecule has 1 unspecified atom stereocenters. The molecule has 0 radical (unpaired) electrons.